The maximum absolute atomic E-state index is 3.64. The number of hydrogen-bond acceptors (Lipinski definition) is 1. The molecule has 0 radical (unpaired) electrons. The van der Waals surface area contributed by atoms with Gasteiger partial charge < -0.3 is 5.32 Å². The number of rotatable bonds is 4. The lowest BCUT2D eigenvalue weighted by molar-refractivity contribution is 0.589. The lowest BCUT2D eigenvalue weighted by atomic mass is 9.98. The summed E-state index contributed by atoms with van der Waals surface area (Å²) in [7, 11) is 2.01. The van der Waals surface area contributed by atoms with Crippen molar-refractivity contribution in [3.63, 3.8) is 0 Å². The van der Waals surface area contributed by atoms with Crippen LogP contribution in [0.2, 0.25) is 0 Å². The summed E-state index contributed by atoms with van der Waals surface area (Å²) in [5, 5.41) is 3.40. The van der Waals surface area contributed by atoms with Crippen LogP contribution < -0.4 is 5.32 Å². The van der Waals surface area contributed by atoms with Gasteiger partial charge in [0.05, 0.1) is 0 Å². The van der Waals surface area contributed by atoms with Crippen molar-refractivity contribution in [3.05, 3.63) is 68.1 Å². The highest BCUT2D eigenvalue weighted by Crippen LogP contribution is 2.29. The predicted octanol–water partition coefficient (Wildman–Crippen LogP) is 5.02. The predicted molar refractivity (Wildman–Crippen MR) is 88.5 cm³/mol. The monoisotopic (exact) mass is 381 g/mol. The largest absolute Gasteiger partial charge is 0.313 e. The van der Waals surface area contributed by atoms with Crippen LogP contribution in [0.25, 0.3) is 0 Å². The molecule has 1 unspecified atom stereocenters. The maximum Gasteiger partial charge on any atom is 0.0370 e. The second-order valence-corrected chi connectivity index (χ2v) is 6.47. The minimum absolute atomic E-state index is 0.300. The Hall–Kier alpha value is -0.640. The summed E-state index contributed by atoms with van der Waals surface area (Å²) < 4.78 is 2.25. The van der Waals surface area contributed by atoms with Crippen molar-refractivity contribution in [2.75, 3.05) is 7.05 Å². The fourth-order valence-corrected chi connectivity index (χ4v) is 3.13. The zero-order valence-electron chi connectivity index (χ0n) is 11.1. The molecule has 0 spiro atoms. The molecular weight excluding hydrogens is 366 g/mol. The van der Waals surface area contributed by atoms with Gasteiger partial charge in [-0.1, -0.05) is 61.7 Å². The normalized spacial score (nSPS) is 12.4. The minimum atomic E-state index is 0.300. The highest BCUT2D eigenvalue weighted by molar-refractivity contribution is 9.11. The molecular formula is C16H17Br2N. The molecule has 19 heavy (non-hydrogen) atoms. The topological polar surface area (TPSA) is 12.0 Å². The molecule has 0 aliphatic rings. The number of likely N-dealkylation sites (N-methyl/N-ethyl adjacent to an activating group) is 1. The summed E-state index contributed by atoms with van der Waals surface area (Å²) in [4.78, 5) is 0. The fraction of sp³-hybridized carbons (Fsp3) is 0.250. The Kier molecular flexibility index (Phi) is 5.20. The molecule has 0 saturated heterocycles. The quantitative estimate of drug-likeness (QED) is 0.782. The first-order chi connectivity index (χ1) is 9.10. The summed E-state index contributed by atoms with van der Waals surface area (Å²) in [6.07, 6.45) is 0.979. The molecule has 0 aliphatic carbocycles. The number of hydrogen-bond donors (Lipinski definition) is 1. The standard InChI is InChI=1S/C16H17Br2N/c1-11-4-3-5-12(8-11)9-16(19-2)14-10-13(17)6-7-15(14)18/h3-8,10,16,19H,9H2,1-2H3. The molecule has 0 fully saturated rings. The van der Waals surface area contributed by atoms with Crippen LogP contribution in [0.4, 0.5) is 0 Å². The van der Waals surface area contributed by atoms with Crippen LogP contribution in [0.15, 0.2) is 51.4 Å². The molecule has 1 nitrogen and oxygen atoms in total. The highest BCUT2D eigenvalue weighted by Gasteiger charge is 2.13. The zero-order valence-corrected chi connectivity index (χ0v) is 14.3. The molecule has 0 bridgehead atoms. The van der Waals surface area contributed by atoms with Crippen LogP contribution in [0.1, 0.15) is 22.7 Å². The van der Waals surface area contributed by atoms with Gasteiger partial charge in [0, 0.05) is 15.0 Å². The smallest absolute Gasteiger partial charge is 0.0370 e. The minimum Gasteiger partial charge on any atom is -0.313 e. The fourth-order valence-electron chi connectivity index (χ4n) is 2.22. The van der Waals surface area contributed by atoms with Crippen molar-refractivity contribution < 1.29 is 0 Å². The molecule has 0 aliphatic heterocycles. The molecule has 2 rings (SSSR count). The molecule has 0 aromatic heterocycles. The Balaban J connectivity index is 2.27. The van der Waals surface area contributed by atoms with E-state index < -0.39 is 0 Å². The van der Waals surface area contributed by atoms with Crippen molar-refractivity contribution in [3.8, 4) is 0 Å². The third-order valence-electron chi connectivity index (χ3n) is 3.20. The average molecular weight is 383 g/mol. The van der Waals surface area contributed by atoms with E-state index in [-0.39, 0.29) is 0 Å². The van der Waals surface area contributed by atoms with E-state index in [9.17, 15) is 0 Å². The van der Waals surface area contributed by atoms with E-state index in [1.807, 2.05) is 13.1 Å². The lowest BCUT2D eigenvalue weighted by Crippen LogP contribution is -2.19. The van der Waals surface area contributed by atoms with Crippen molar-refractivity contribution in [1.82, 2.24) is 5.32 Å². The Bertz CT molecular complexity index is 566. The number of nitrogens with one attached hydrogen (secondary N) is 1. The van der Waals surface area contributed by atoms with Gasteiger partial charge in [0.15, 0.2) is 0 Å². The van der Waals surface area contributed by atoms with Gasteiger partial charge in [-0.25, -0.2) is 0 Å². The highest BCUT2D eigenvalue weighted by atomic mass is 79.9. The van der Waals surface area contributed by atoms with Crippen LogP contribution in [0.3, 0.4) is 0 Å². The summed E-state index contributed by atoms with van der Waals surface area (Å²) in [5.41, 5.74) is 3.94. The van der Waals surface area contributed by atoms with Gasteiger partial charge in [-0.05, 0) is 49.7 Å². The van der Waals surface area contributed by atoms with E-state index in [1.165, 1.54) is 16.7 Å². The lowest BCUT2D eigenvalue weighted by Gasteiger charge is -2.19. The summed E-state index contributed by atoms with van der Waals surface area (Å²) in [5.74, 6) is 0. The van der Waals surface area contributed by atoms with E-state index >= 15 is 0 Å². The zero-order chi connectivity index (χ0) is 13.8. The number of halogens is 2. The Morgan fingerprint density at radius 2 is 1.89 bits per heavy atom. The average Bonchev–Trinajstić information content (AvgIpc) is 2.39. The van der Waals surface area contributed by atoms with E-state index in [1.54, 1.807) is 0 Å². The van der Waals surface area contributed by atoms with Crippen LogP contribution in [-0.2, 0) is 6.42 Å². The van der Waals surface area contributed by atoms with Gasteiger partial charge in [-0.15, -0.1) is 0 Å². The molecule has 0 amide bonds. The van der Waals surface area contributed by atoms with E-state index in [0.29, 0.717) is 6.04 Å². The van der Waals surface area contributed by atoms with Gasteiger partial charge in [-0.2, -0.15) is 0 Å². The van der Waals surface area contributed by atoms with E-state index in [0.717, 1.165) is 15.4 Å². The van der Waals surface area contributed by atoms with E-state index in [4.69, 9.17) is 0 Å². The molecule has 1 atom stereocenters. The van der Waals surface area contributed by atoms with Gasteiger partial charge in [0.1, 0.15) is 0 Å². The first-order valence-electron chi connectivity index (χ1n) is 6.28. The first kappa shape index (κ1) is 14.8. The molecule has 0 saturated carbocycles. The van der Waals surface area contributed by atoms with Crippen LogP contribution in [-0.4, -0.2) is 7.05 Å². The number of aryl methyl sites for hydroxylation is 1. The van der Waals surface area contributed by atoms with Gasteiger partial charge in [0.25, 0.3) is 0 Å². The Morgan fingerprint density at radius 1 is 1.11 bits per heavy atom. The van der Waals surface area contributed by atoms with Crippen molar-refractivity contribution in [2.45, 2.75) is 19.4 Å². The Labute approximate surface area is 131 Å². The molecule has 2 aromatic carbocycles. The molecule has 100 valence electrons. The Morgan fingerprint density at radius 3 is 2.58 bits per heavy atom. The van der Waals surface area contributed by atoms with Gasteiger partial charge in [-0.3, -0.25) is 0 Å². The maximum atomic E-state index is 3.64. The third kappa shape index (κ3) is 3.91. The van der Waals surface area contributed by atoms with Crippen LogP contribution >= 0.6 is 31.9 Å². The summed E-state index contributed by atoms with van der Waals surface area (Å²) in [6.45, 7) is 2.13. The molecule has 2 aromatic rings. The second-order valence-electron chi connectivity index (χ2n) is 4.70. The van der Waals surface area contributed by atoms with Crippen molar-refractivity contribution in [2.24, 2.45) is 0 Å². The summed E-state index contributed by atoms with van der Waals surface area (Å²) in [6, 6.07) is 15.3. The molecule has 3 heteroatoms. The SMILES string of the molecule is CNC(Cc1cccc(C)c1)c1cc(Br)ccc1Br. The molecule has 0 heterocycles. The third-order valence-corrected chi connectivity index (χ3v) is 4.42. The van der Waals surface area contributed by atoms with Crippen molar-refractivity contribution in [1.29, 1.82) is 0 Å². The van der Waals surface area contributed by atoms with Gasteiger partial charge in [0.2, 0.25) is 0 Å². The molecule has 1 N–H and O–H groups in total. The first-order valence-corrected chi connectivity index (χ1v) is 7.86. The van der Waals surface area contributed by atoms with Gasteiger partial charge >= 0.3 is 0 Å². The second kappa shape index (κ2) is 6.69. The van der Waals surface area contributed by atoms with Crippen molar-refractivity contribution >= 4 is 31.9 Å². The van der Waals surface area contributed by atoms with E-state index in [2.05, 4.69) is 80.5 Å². The summed E-state index contributed by atoms with van der Waals surface area (Å²) >= 11 is 7.18. The van der Waals surface area contributed by atoms with Crippen LogP contribution in [0, 0.1) is 6.92 Å². The van der Waals surface area contributed by atoms with Crippen LogP contribution in [0.5, 0.6) is 0 Å². The number of benzene rings is 2.